The fourth-order valence-electron chi connectivity index (χ4n) is 3.15. The monoisotopic (exact) mass is 452 g/mol. The summed E-state index contributed by atoms with van der Waals surface area (Å²) in [7, 11) is 1.40. The molecule has 0 saturated carbocycles. The van der Waals surface area contributed by atoms with Crippen LogP contribution < -0.4 is 10.1 Å². The lowest BCUT2D eigenvalue weighted by molar-refractivity contribution is -0.137. The van der Waals surface area contributed by atoms with Crippen LogP contribution >= 0.6 is 0 Å². The average molecular weight is 452 g/mol. The Morgan fingerprint density at radius 2 is 1.58 bits per heavy atom. The van der Waals surface area contributed by atoms with Gasteiger partial charge in [0.2, 0.25) is 0 Å². The largest absolute Gasteiger partial charge is 0.466 e. The summed E-state index contributed by atoms with van der Waals surface area (Å²) >= 11 is 0. The number of aryl methyl sites for hydroxylation is 1. The number of hydrogen-bond donors (Lipinski definition) is 1. The first-order chi connectivity index (χ1) is 15.7. The first-order valence-corrected chi connectivity index (χ1v) is 9.92. The summed E-state index contributed by atoms with van der Waals surface area (Å²) < 4.78 is 45.3. The van der Waals surface area contributed by atoms with E-state index in [2.05, 4.69) is 15.4 Å². The molecule has 9 heteroatoms. The number of amides is 1. The third kappa shape index (κ3) is 4.87. The van der Waals surface area contributed by atoms with Crippen LogP contribution in [0.2, 0.25) is 0 Å². The fourth-order valence-corrected chi connectivity index (χ4v) is 3.15. The van der Waals surface area contributed by atoms with Crippen LogP contribution in [0.1, 0.15) is 21.5 Å². The number of halogens is 3. The van der Waals surface area contributed by atoms with Gasteiger partial charge in [-0.3, -0.25) is 4.79 Å². The fraction of sp³-hybridized carbons (Fsp3) is 0.125. The summed E-state index contributed by atoms with van der Waals surface area (Å²) in [5.41, 5.74) is 2.45. The molecular formula is C24H19F3N4O2. The van der Waals surface area contributed by atoms with E-state index in [0.29, 0.717) is 28.3 Å². The molecule has 0 spiro atoms. The van der Waals surface area contributed by atoms with Gasteiger partial charge in [-0.25, -0.2) is 4.68 Å². The number of hydrogen-bond acceptors (Lipinski definition) is 4. The Balaban J connectivity index is 1.59. The van der Waals surface area contributed by atoms with Gasteiger partial charge in [0.15, 0.2) is 5.82 Å². The van der Waals surface area contributed by atoms with Crippen LogP contribution in [-0.4, -0.2) is 27.8 Å². The zero-order chi connectivity index (χ0) is 23.6. The number of carbonyl (C=O) groups excluding carboxylic acids is 1. The molecule has 0 aliphatic heterocycles. The molecule has 0 unspecified atom stereocenters. The lowest BCUT2D eigenvalue weighted by Crippen LogP contribution is -2.11. The van der Waals surface area contributed by atoms with Crippen molar-refractivity contribution in [1.29, 1.82) is 0 Å². The predicted octanol–water partition coefficient (Wildman–Crippen LogP) is 5.52. The summed E-state index contributed by atoms with van der Waals surface area (Å²) in [5.74, 6) is 0.0765. The van der Waals surface area contributed by atoms with Crippen LogP contribution in [0, 0.1) is 6.92 Å². The predicted molar refractivity (Wildman–Crippen MR) is 117 cm³/mol. The Morgan fingerprint density at radius 1 is 0.939 bits per heavy atom. The van der Waals surface area contributed by atoms with Crippen LogP contribution in [0.4, 0.5) is 18.9 Å². The van der Waals surface area contributed by atoms with Gasteiger partial charge in [0.25, 0.3) is 5.91 Å². The van der Waals surface area contributed by atoms with Crippen LogP contribution in [0.25, 0.3) is 17.1 Å². The molecule has 168 valence electrons. The van der Waals surface area contributed by atoms with E-state index < -0.39 is 11.7 Å². The molecule has 33 heavy (non-hydrogen) atoms. The maximum absolute atomic E-state index is 12.9. The van der Waals surface area contributed by atoms with Crippen LogP contribution in [0.5, 0.6) is 6.01 Å². The lowest BCUT2D eigenvalue weighted by atomic mass is 10.1. The molecule has 0 atom stereocenters. The first kappa shape index (κ1) is 22.1. The minimum absolute atomic E-state index is 0.0710. The van der Waals surface area contributed by atoms with E-state index in [1.807, 2.05) is 19.1 Å². The van der Waals surface area contributed by atoms with Gasteiger partial charge in [0.1, 0.15) is 0 Å². The highest BCUT2D eigenvalue weighted by atomic mass is 19.4. The van der Waals surface area contributed by atoms with E-state index in [4.69, 9.17) is 4.74 Å². The summed E-state index contributed by atoms with van der Waals surface area (Å²) in [6.45, 7) is 1.94. The molecule has 0 saturated heterocycles. The van der Waals surface area contributed by atoms with Crippen molar-refractivity contribution < 1.29 is 22.7 Å². The first-order valence-electron chi connectivity index (χ1n) is 9.92. The number of carbonyl (C=O) groups is 1. The second-order valence-corrected chi connectivity index (χ2v) is 7.28. The number of anilines is 1. The van der Waals surface area contributed by atoms with Gasteiger partial charge in [-0.2, -0.15) is 18.2 Å². The number of nitrogens with zero attached hydrogens (tertiary/aromatic N) is 3. The molecule has 6 nitrogen and oxygen atoms in total. The molecular weight excluding hydrogens is 433 g/mol. The number of alkyl halides is 3. The molecule has 4 aromatic rings. The van der Waals surface area contributed by atoms with Gasteiger partial charge in [-0.15, -0.1) is 5.10 Å². The number of methoxy groups -OCH3 is 1. The third-order valence-corrected chi connectivity index (χ3v) is 4.92. The highest BCUT2D eigenvalue weighted by molar-refractivity contribution is 6.04. The Kier molecular flexibility index (Phi) is 5.87. The van der Waals surface area contributed by atoms with Crippen LogP contribution in [0.15, 0.2) is 72.8 Å². The Morgan fingerprint density at radius 3 is 2.15 bits per heavy atom. The van der Waals surface area contributed by atoms with Gasteiger partial charge in [0.05, 0.1) is 18.4 Å². The molecule has 0 bridgehead atoms. The van der Waals surface area contributed by atoms with E-state index in [-0.39, 0.29) is 11.9 Å². The molecule has 1 heterocycles. The van der Waals surface area contributed by atoms with Gasteiger partial charge in [0, 0.05) is 16.8 Å². The van der Waals surface area contributed by atoms with Crippen molar-refractivity contribution in [3.05, 3.63) is 89.5 Å². The molecule has 0 aliphatic rings. The van der Waals surface area contributed by atoms with Crippen LogP contribution in [0.3, 0.4) is 0 Å². The molecule has 0 fully saturated rings. The molecule has 0 radical (unpaired) electrons. The number of nitrogens with one attached hydrogen (secondary N) is 1. The van der Waals surface area contributed by atoms with Gasteiger partial charge >= 0.3 is 12.2 Å². The van der Waals surface area contributed by atoms with Crippen LogP contribution in [-0.2, 0) is 6.18 Å². The van der Waals surface area contributed by atoms with E-state index >= 15 is 0 Å². The molecule has 1 amide bonds. The zero-order valence-electron chi connectivity index (χ0n) is 17.7. The number of aromatic nitrogens is 3. The SMILES string of the molecule is COc1nc(-c2ccc(C(F)(F)F)cc2)n(-c2ccc(NC(=O)c3ccc(C)cc3)cc2)n1. The standard InChI is InChI=1S/C24H19F3N4O2/c1-15-3-5-17(6-4-15)22(32)28-19-11-13-20(14-12-19)31-21(29-23(30-31)33-2)16-7-9-18(10-8-16)24(25,26)27/h3-14H,1-2H3,(H,28,32). The Labute approximate surface area is 187 Å². The number of rotatable bonds is 5. The quantitative estimate of drug-likeness (QED) is 0.433. The van der Waals surface area contributed by atoms with Gasteiger partial charge in [-0.05, 0) is 55.5 Å². The van der Waals surface area contributed by atoms with Crippen molar-refractivity contribution >= 4 is 11.6 Å². The highest BCUT2D eigenvalue weighted by Crippen LogP contribution is 2.31. The van der Waals surface area contributed by atoms with E-state index in [1.165, 1.54) is 23.9 Å². The van der Waals surface area contributed by atoms with Crippen molar-refractivity contribution in [2.75, 3.05) is 12.4 Å². The average Bonchev–Trinajstić information content (AvgIpc) is 3.24. The highest BCUT2D eigenvalue weighted by Gasteiger charge is 2.30. The topological polar surface area (TPSA) is 69.0 Å². The van der Waals surface area contributed by atoms with Crippen molar-refractivity contribution in [2.45, 2.75) is 13.1 Å². The van der Waals surface area contributed by atoms with Gasteiger partial charge < -0.3 is 10.1 Å². The molecule has 1 N–H and O–H groups in total. The molecule has 0 aliphatic carbocycles. The van der Waals surface area contributed by atoms with E-state index in [9.17, 15) is 18.0 Å². The van der Waals surface area contributed by atoms with Crippen molar-refractivity contribution in [1.82, 2.24) is 14.8 Å². The molecule has 3 aromatic carbocycles. The Hall–Kier alpha value is -4.14. The summed E-state index contributed by atoms with van der Waals surface area (Å²) in [4.78, 5) is 16.7. The second-order valence-electron chi connectivity index (χ2n) is 7.28. The molecule has 1 aromatic heterocycles. The summed E-state index contributed by atoms with van der Waals surface area (Å²) in [5, 5.41) is 7.09. The minimum Gasteiger partial charge on any atom is -0.466 e. The van der Waals surface area contributed by atoms with Gasteiger partial charge in [-0.1, -0.05) is 29.8 Å². The maximum Gasteiger partial charge on any atom is 0.416 e. The smallest absolute Gasteiger partial charge is 0.416 e. The Bertz CT molecular complexity index is 1260. The number of ether oxygens (including phenoxy) is 1. The maximum atomic E-state index is 12.9. The molecule has 4 rings (SSSR count). The minimum atomic E-state index is -4.43. The van der Waals surface area contributed by atoms with E-state index in [1.54, 1.807) is 36.4 Å². The zero-order valence-corrected chi connectivity index (χ0v) is 17.7. The second kappa shape index (κ2) is 8.78. The number of benzene rings is 3. The van der Waals surface area contributed by atoms with E-state index in [0.717, 1.165) is 17.7 Å². The third-order valence-electron chi connectivity index (χ3n) is 4.92. The van der Waals surface area contributed by atoms with Crippen molar-refractivity contribution in [3.63, 3.8) is 0 Å². The summed E-state index contributed by atoms with van der Waals surface area (Å²) in [6, 6.07) is 18.8. The normalized spacial score (nSPS) is 11.3. The van der Waals surface area contributed by atoms with Crippen molar-refractivity contribution in [2.24, 2.45) is 0 Å². The summed E-state index contributed by atoms with van der Waals surface area (Å²) in [6.07, 6.45) is -4.43. The lowest BCUT2D eigenvalue weighted by Gasteiger charge is -2.10. The van der Waals surface area contributed by atoms with Crippen molar-refractivity contribution in [3.8, 4) is 23.1 Å².